The van der Waals surface area contributed by atoms with E-state index in [0.29, 0.717) is 24.0 Å². The Kier molecular flexibility index (Phi) is 5.44. The molecule has 5 nitrogen and oxygen atoms in total. The van der Waals surface area contributed by atoms with Crippen LogP contribution in [0.25, 0.3) is 0 Å². The molecule has 1 aromatic rings. The van der Waals surface area contributed by atoms with E-state index in [2.05, 4.69) is 0 Å². The number of hydrogen-bond donors (Lipinski definition) is 0. The number of carbonyl (C=O) groups excluding carboxylic acids is 2. The van der Waals surface area contributed by atoms with Crippen molar-refractivity contribution in [2.24, 2.45) is 5.41 Å². The van der Waals surface area contributed by atoms with Crippen molar-refractivity contribution >= 4 is 11.9 Å². The Morgan fingerprint density at radius 1 is 0.958 bits per heavy atom. The van der Waals surface area contributed by atoms with Crippen LogP contribution in [0.15, 0.2) is 47.6 Å². The van der Waals surface area contributed by atoms with E-state index in [9.17, 15) is 9.59 Å². The summed E-state index contributed by atoms with van der Waals surface area (Å²) < 4.78 is 15.0. The normalized spacial score (nSPS) is 15.8. The number of esters is 2. The average Bonchev–Trinajstić information content (AvgIpc) is 2.61. The molecule has 1 aliphatic carbocycles. The van der Waals surface area contributed by atoms with Gasteiger partial charge in [-0.2, -0.15) is 0 Å². The molecule has 128 valence electrons. The van der Waals surface area contributed by atoms with Gasteiger partial charge < -0.3 is 14.2 Å². The molecule has 0 N–H and O–H groups in total. The summed E-state index contributed by atoms with van der Waals surface area (Å²) in [4.78, 5) is 24.5. The molecule has 0 fully saturated rings. The van der Waals surface area contributed by atoms with Crippen molar-refractivity contribution < 1.29 is 23.8 Å². The molecule has 0 heterocycles. The highest BCUT2D eigenvalue weighted by Gasteiger charge is 2.42. The zero-order chi connectivity index (χ0) is 17.7. The van der Waals surface area contributed by atoms with E-state index in [1.807, 2.05) is 43.3 Å². The van der Waals surface area contributed by atoms with Gasteiger partial charge in [0.25, 0.3) is 0 Å². The summed E-state index contributed by atoms with van der Waals surface area (Å²) in [6.07, 6.45) is 4.58. The van der Waals surface area contributed by atoms with E-state index in [1.54, 1.807) is 7.11 Å². The molecule has 0 atom stereocenters. The third-order valence-corrected chi connectivity index (χ3v) is 4.36. The third kappa shape index (κ3) is 3.35. The first-order valence-electron chi connectivity index (χ1n) is 7.67. The highest BCUT2D eigenvalue weighted by molar-refractivity contribution is 5.98. The lowest BCUT2D eigenvalue weighted by molar-refractivity contribution is -0.138. The first-order valence-corrected chi connectivity index (χ1v) is 7.67. The van der Waals surface area contributed by atoms with Crippen molar-refractivity contribution in [3.05, 3.63) is 53.1 Å². The Bertz CT molecular complexity index is 650. The predicted octanol–water partition coefficient (Wildman–Crippen LogP) is 2.85. The molecule has 0 amide bonds. The van der Waals surface area contributed by atoms with E-state index in [1.165, 1.54) is 14.2 Å². The van der Waals surface area contributed by atoms with Gasteiger partial charge in [-0.3, -0.25) is 0 Å². The molecule has 0 aromatic heterocycles. The monoisotopic (exact) mass is 330 g/mol. The Morgan fingerprint density at radius 3 is 1.88 bits per heavy atom. The Hall–Kier alpha value is -2.56. The van der Waals surface area contributed by atoms with Gasteiger partial charge in [0.2, 0.25) is 0 Å². The average molecular weight is 330 g/mol. The minimum Gasteiger partial charge on any atom is -0.497 e. The number of methoxy groups -OCH3 is 3. The summed E-state index contributed by atoms with van der Waals surface area (Å²) in [6.45, 7) is 1.86. The number of benzene rings is 1. The van der Waals surface area contributed by atoms with Crippen LogP contribution in [0.3, 0.4) is 0 Å². The zero-order valence-corrected chi connectivity index (χ0v) is 14.4. The van der Waals surface area contributed by atoms with Gasteiger partial charge in [0.15, 0.2) is 0 Å². The molecule has 1 aliphatic rings. The summed E-state index contributed by atoms with van der Waals surface area (Å²) >= 11 is 0. The number of ether oxygens (including phenoxy) is 3. The second-order valence-corrected chi connectivity index (χ2v) is 5.81. The van der Waals surface area contributed by atoms with Crippen LogP contribution in [-0.2, 0) is 25.5 Å². The van der Waals surface area contributed by atoms with Crippen molar-refractivity contribution in [2.75, 3.05) is 21.3 Å². The molecule has 0 aliphatic heterocycles. The highest BCUT2D eigenvalue weighted by Crippen LogP contribution is 2.43. The van der Waals surface area contributed by atoms with E-state index in [-0.39, 0.29) is 0 Å². The molecule has 0 saturated carbocycles. The van der Waals surface area contributed by atoms with Gasteiger partial charge >= 0.3 is 11.9 Å². The Morgan fingerprint density at radius 2 is 1.46 bits per heavy atom. The van der Waals surface area contributed by atoms with Crippen molar-refractivity contribution in [1.82, 2.24) is 0 Å². The number of carbonyl (C=O) groups is 2. The molecule has 0 saturated heterocycles. The van der Waals surface area contributed by atoms with E-state index < -0.39 is 17.4 Å². The lowest BCUT2D eigenvalue weighted by Gasteiger charge is -2.35. The largest absolute Gasteiger partial charge is 0.497 e. The summed E-state index contributed by atoms with van der Waals surface area (Å²) in [6, 6.07) is 7.54. The maximum Gasteiger partial charge on any atom is 0.334 e. The predicted molar refractivity (Wildman–Crippen MR) is 89.6 cm³/mol. The maximum atomic E-state index is 12.2. The SMILES string of the molecule is COC(=O)C1=CCC=C(C(=O)OC)C1(C)Cc1ccc(OC)cc1. The van der Waals surface area contributed by atoms with Gasteiger partial charge in [0, 0.05) is 16.6 Å². The fourth-order valence-electron chi connectivity index (χ4n) is 3.07. The number of rotatable bonds is 5. The molecular weight excluding hydrogens is 308 g/mol. The number of hydrogen-bond acceptors (Lipinski definition) is 5. The smallest absolute Gasteiger partial charge is 0.334 e. The summed E-state index contributed by atoms with van der Waals surface area (Å²) in [5, 5.41) is 0. The summed E-state index contributed by atoms with van der Waals surface area (Å²) in [5.41, 5.74) is 1.12. The molecule has 0 bridgehead atoms. The second-order valence-electron chi connectivity index (χ2n) is 5.81. The molecule has 0 spiro atoms. The summed E-state index contributed by atoms with van der Waals surface area (Å²) in [7, 11) is 4.29. The van der Waals surface area contributed by atoms with Crippen molar-refractivity contribution in [2.45, 2.75) is 19.8 Å². The fraction of sp³-hybridized carbons (Fsp3) is 0.368. The minimum absolute atomic E-state index is 0.430. The summed E-state index contributed by atoms with van der Waals surface area (Å²) in [5.74, 6) is -0.110. The zero-order valence-electron chi connectivity index (χ0n) is 14.4. The van der Waals surface area contributed by atoms with Gasteiger partial charge in [-0.15, -0.1) is 0 Å². The quantitative estimate of drug-likeness (QED) is 0.777. The lowest BCUT2D eigenvalue weighted by Crippen LogP contribution is -2.35. The van der Waals surface area contributed by atoms with E-state index in [4.69, 9.17) is 14.2 Å². The van der Waals surface area contributed by atoms with Crippen LogP contribution >= 0.6 is 0 Å². The van der Waals surface area contributed by atoms with Gasteiger partial charge in [-0.05, 0) is 30.5 Å². The first-order chi connectivity index (χ1) is 11.5. The van der Waals surface area contributed by atoms with Crippen LogP contribution < -0.4 is 4.74 Å². The molecule has 0 unspecified atom stereocenters. The minimum atomic E-state index is -0.812. The van der Waals surface area contributed by atoms with Gasteiger partial charge in [-0.1, -0.05) is 31.2 Å². The van der Waals surface area contributed by atoms with E-state index >= 15 is 0 Å². The van der Waals surface area contributed by atoms with Crippen molar-refractivity contribution in [3.8, 4) is 5.75 Å². The standard InChI is InChI=1S/C19H22O5/c1-19(12-13-8-10-14(22-2)11-9-13)15(17(20)23-3)6-5-7-16(19)18(21)24-4/h6-11H,5,12H2,1-4H3. The highest BCUT2D eigenvalue weighted by atomic mass is 16.5. The van der Waals surface area contributed by atoms with Crippen LogP contribution in [-0.4, -0.2) is 33.3 Å². The number of allylic oxidation sites excluding steroid dienone is 2. The topological polar surface area (TPSA) is 61.8 Å². The molecule has 2 rings (SSSR count). The fourth-order valence-corrected chi connectivity index (χ4v) is 3.07. The van der Waals surface area contributed by atoms with Crippen LogP contribution in [0.1, 0.15) is 18.9 Å². The van der Waals surface area contributed by atoms with Crippen LogP contribution in [0, 0.1) is 5.41 Å². The lowest BCUT2D eigenvalue weighted by atomic mass is 9.68. The molecule has 5 heteroatoms. The van der Waals surface area contributed by atoms with Crippen LogP contribution in [0.4, 0.5) is 0 Å². The Labute approximate surface area is 141 Å². The van der Waals surface area contributed by atoms with Crippen molar-refractivity contribution in [1.29, 1.82) is 0 Å². The van der Waals surface area contributed by atoms with E-state index in [0.717, 1.165) is 11.3 Å². The van der Waals surface area contributed by atoms with Gasteiger partial charge in [0.1, 0.15) is 5.75 Å². The van der Waals surface area contributed by atoms with Gasteiger partial charge in [-0.25, -0.2) is 9.59 Å². The molecule has 1 aromatic carbocycles. The molecular formula is C19H22O5. The van der Waals surface area contributed by atoms with Crippen LogP contribution in [0.2, 0.25) is 0 Å². The second kappa shape index (κ2) is 7.34. The molecule has 0 radical (unpaired) electrons. The van der Waals surface area contributed by atoms with Crippen molar-refractivity contribution in [3.63, 3.8) is 0 Å². The Balaban J connectivity index is 2.43. The maximum absolute atomic E-state index is 12.2. The van der Waals surface area contributed by atoms with Gasteiger partial charge in [0.05, 0.1) is 21.3 Å². The molecule has 24 heavy (non-hydrogen) atoms. The first kappa shape index (κ1) is 17.8. The third-order valence-electron chi connectivity index (χ3n) is 4.36. The van der Waals surface area contributed by atoms with Crippen LogP contribution in [0.5, 0.6) is 5.75 Å².